The normalized spacial score (nSPS) is 11.5. The van der Waals surface area contributed by atoms with E-state index in [2.05, 4.69) is 0 Å². The number of hydrogen-bond donors (Lipinski definition) is 0. The molecule has 0 aromatic carbocycles. The zero-order chi connectivity index (χ0) is 7.28. The molecule has 0 spiro atoms. The molecule has 0 aromatic rings. The molecule has 0 radical (unpaired) electrons. The van der Waals surface area contributed by atoms with Gasteiger partial charge in [0, 0.05) is 0 Å². The van der Waals surface area contributed by atoms with Crippen LogP contribution in [0.2, 0.25) is 0 Å². The first-order valence-electron chi connectivity index (χ1n) is 3.21. The van der Waals surface area contributed by atoms with Crippen LogP contribution in [0.5, 0.6) is 0 Å². The molecule has 54 valence electrons. The third-order valence-electron chi connectivity index (χ3n) is 1.15. The Morgan fingerprint density at radius 3 is 2.20 bits per heavy atom. The van der Waals surface area contributed by atoms with Crippen LogP contribution in [0.25, 0.3) is 0 Å². The molecular weight excluding hydrogens is 123 g/mol. The molecule has 0 saturated heterocycles. The molecule has 0 aromatic heterocycles. The molecule has 0 unspecified atom stereocenters. The van der Waals surface area contributed by atoms with Gasteiger partial charge in [-0.25, -0.2) is 0 Å². The second-order valence-electron chi connectivity index (χ2n) is 1.85. The first-order chi connectivity index (χ1) is 4.22. The molecule has 0 N–H and O–H groups in total. The molecule has 0 rings (SSSR count). The van der Waals surface area contributed by atoms with Crippen molar-refractivity contribution in [3.63, 3.8) is 0 Å². The Hall–Kier alpha value is -0.0626. The zero-order valence-corrected chi connectivity index (χ0v) is 7.23. The van der Waals surface area contributed by atoms with Crippen LogP contribution in [0.4, 0.5) is 0 Å². The van der Waals surface area contributed by atoms with Crippen LogP contribution in [0.1, 0.15) is 27.2 Å². The summed E-state index contributed by atoms with van der Waals surface area (Å²) >= 11 is 0. The fourth-order valence-electron chi connectivity index (χ4n) is 0.399. The van der Waals surface area contributed by atoms with Crippen LogP contribution in [0, 0.1) is 0 Å². The van der Waals surface area contributed by atoms with E-state index in [9.17, 15) is 5.11 Å². The van der Waals surface area contributed by atoms with E-state index in [4.69, 9.17) is 4.74 Å². The minimum atomic E-state index is -0.167. The predicted molar refractivity (Wildman–Crippen MR) is 34.6 cm³/mol. The standard InChI is InChI=1S/C7H14O2.Li/c1-4-6(3)7(8)9-5-2;/h8H,4-5H2,1-3H3;/q;+1/p-1/b7-6+;. The largest absolute Gasteiger partial charge is 1.00 e. The van der Waals surface area contributed by atoms with Crippen LogP contribution in [0.15, 0.2) is 11.5 Å². The Morgan fingerprint density at radius 1 is 1.40 bits per heavy atom. The van der Waals surface area contributed by atoms with Crippen molar-refractivity contribution >= 4 is 0 Å². The summed E-state index contributed by atoms with van der Waals surface area (Å²) in [6.45, 7) is 6.00. The van der Waals surface area contributed by atoms with Crippen molar-refractivity contribution in [2.75, 3.05) is 6.61 Å². The summed E-state index contributed by atoms with van der Waals surface area (Å²) in [7, 11) is 0. The molecule has 0 atom stereocenters. The fourth-order valence-corrected chi connectivity index (χ4v) is 0.399. The van der Waals surface area contributed by atoms with Crippen molar-refractivity contribution < 1.29 is 28.7 Å². The summed E-state index contributed by atoms with van der Waals surface area (Å²) in [4.78, 5) is 0. The van der Waals surface area contributed by atoms with Crippen LogP contribution >= 0.6 is 0 Å². The fraction of sp³-hybridized carbons (Fsp3) is 0.714. The van der Waals surface area contributed by atoms with Crippen molar-refractivity contribution in [2.45, 2.75) is 27.2 Å². The van der Waals surface area contributed by atoms with E-state index in [-0.39, 0.29) is 24.8 Å². The van der Waals surface area contributed by atoms with Gasteiger partial charge in [0.2, 0.25) is 0 Å². The molecule has 0 saturated carbocycles. The number of rotatable bonds is 3. The third-order valence-corrected chi connectivity index (χ3v) is 1.15. The van der Waals surface area contributed by atoms with Gasteiger partial charge in [-0.05, 0) is 20.0 Å². The maximum atomic E-state index is 10.7. The maximum absolute atomic E-state index is 10.7. The SMILES string of the molecule is CCO/C([O-])=C(\C)CC.[Li+]. The zero-order valence-electron chi connectivity index (χ0n) is 7.23. The van der Waals surface area contributed by atoms with Crippen molar-refractivity contribution in [2.24, 2.45) is 0 Å². The average molecular weight is 136 g/mol. The van der Waals surface area contributed by atoms with Gasteiger partial charge in [-0.3, -0.25) is 0 Å². The van der Waals surface area contributed by atoms with Crippen LogP contribution in [-0.2, 0) is 4.74 Å². The summed E-state index contributed by atoms with van der Waals surface area (Å²) < 4.78 is 4.72. The van der Waals surface area contributed by atoms with Crippen molar-refractivity contribution in [1.29, 1.82) is 0 Å². The van der Waals surface area contributed by atoms with E-state index in [1.807, 2.05) is 6.92 Å². The third kappa shape index (κ3) is 4.78. The summed E-state index contributed by atoms with van der Waals surface area (Å²) in [6, 6.07) is 0. The van der Waals surface area contributed by atoms with E-state index in [0.717, 1.165) is 12.0 Å². The Labute approximate surface area is 74.4 Å². The van der Waals surface area contributed by atoms with Crippen molar-refractivity contribution in [1.82, 2.24) is 0 Å². The van der Waals surface area contributed by atoms with Gasteiger partial charge in [0.05, 0.1) is 5.95 Å². The molecular formula is C7H13LiO2. The van der Waals surface area contributed by atoms with Gasteiger partial charge in [-0.15, -0.1) is 0 Å². The van der Waals surface area contributed by atoms with Crippen LogP contribution < -0.4 is 24.0 Å². The molecule has 10 heavy (non-hydrogen) atoms. The summed E-state index contributed by atoms with van der Waals surface area (Å²) in [5, 5.41) is 10.7. The molecule has 0 heterocycles. The monoisotopic (exact) mass is 136 g/mol. The van der Waals surface area contributed by atoms with E-state index < -0.39 is 0 Å². The van der Waals surface area contributed by atoms with Gasteiger partial charge < -0.3 is 9.84 Å². The number of allylic oxidation sites excluding steroid dienone is 1. The molecule has 3 heteroatoms. The van der Waals surface area contributed by atoms with Gasteiger partial charge in [0.1, 0.15) is 0 Å². The molecule has 0 aliphatic heterocycles. The first-order valence-corrected chi connectivity index (χ1v) is 3.21. The topological polar surface area (TPSA) is 32.3 Å². The Balaban J connectivity index is 0. The molecule has 2 nitrogen and oxygen atoms in total. The molecule has 0 amide bonds. The second-order valence-corrected chi connectivity index (χ2v) is 1.85. The van der Waals surface area contributed by atoms with Crippen LogP contribution in [-0.4, -0.2) is 6.61 Å². The Kier molecular flexibility index (Phi) is 8.88. The maximum Gasteiger partial charge on any atom is 1.00 e. The van der Waals surface area contributed by atoms with E-state index in [1.54, 1.807) is 13.8 Å². The van der Waals surface area contributed by atoms with E-state index in [1.165, 1.54) is 0 Å². The predicted octanol–water partition coefficient (Wildman–Crippen LogP) is -1.97. The number of hydrogen-bond acceptors (Lipinski definition) is 2. The van der Waals surface area contributed by atoms with Gasteiger partial charge in [0.25, 0.3) is 0 Å². The van der Waals surface area contributed by atoms with Gasteiger partial charge in [-0.2, -0.15) is 0 Å². The molecule has 0 fully saturated rings. The Bertz CT molecular complexity index is 110. The first kappa shape index (κ1) is 12.6. The number of ether oxygens (including phenoxy) is 1. The van der Waals surface area contributed by atoms with Gasteiger partial charge >= 0.3 is 18.9 Å². The van der Waals surface area contributed by atoms with Crippen LogP contribution in [0.3, 0.4) is 0 Å². The van der Waals surface area contributed by atoms with Gasteiger partial charge in [-0.1, -0.05) is 19.4 Å². The second kappa shape index (κ2) is 7.05. The summed E-state index contributed by atoms with van der Waals surface area (Å²) in [5.74, 6) is -0.167. The van der Waals surface area contributed by atoms with E-state index in [0.29, 0.717) is 6.61 Å². The van der Waals surface area contributed by atoms with Crippen molar-refractivity contribution in [3.05, 3.63) is 11.5 Å². The smallest absolute Gasteiger partial charge is 0.614 e. The van der Waals surface area contributed by atoms with Crippen molar-refractivity contribution in [3.8, 4) is 0 Å². The summed E-state index contributed by atoms with van der Waals surface area (Å²) in [5.41, 5.74) is 0.789. The average Bonchev–Trinajstić information content (AvgIpc) is 1.87. The van der Waals surface area contributed by atoms with E-state index >= 15 is 0 Å². The summed E-state index contributed by atoms with van der Waals surface area (Å²) in [6.07, 6.45) is 0.777. The molecule has 0 aliphatic carbocycles. The quantitative estimate of drug-likeness (QED) is 0.333. The van der Waals surface area contributed by atoms with Gasteiger partial charge in [0.15, 0.2) is 0 Å². The minimum absolute atomic E-state index is 0. The minimum Gasteiger partial charge on any atom is -0.614 e. The Morgan fingerprint density at radius 2 is 1.90 bits per heavy atom. The molecule has 0 aliphatic rings. The molecule has 0 bridgehead atoms.